The van der Waals surface area contributed by atoms with Gasteiger partial charge in [0.1, 0.15) is 16.5 Å². The van der Waals surface area contributed by atoms with Gasteiger partial charge in [-0.15, -0.1) is 27.2 Å². The lowest BCUT2D eigenvalue weighted by Crippen LogP contribution is -2.34. The Morgan fingerprint density at radius 1 is 1.24 bits per heavy atom. The maximum atomic E-state index is 12.6. The predicted molar refractivity (Wildman–Crippen MR) is 161 cm³/mol. The molecule has 1 aromatic carbocycles. The second-order valence-electron chi connectivity index (χ2n) is 11.0. The number of hydrogen-bond donors (Lipinski definition) is 3. The third kappa shape index (κ3) is 5.12. The lowest BCUT2D eigenvalue weighted by molar-refractivity contribution is -0.147. The standard InChI is InChI=1S/C29H37N5O5S2/c1-7-20-16-33(41(37,38)24-10-9-13-30-27(24)39-20)15-19-14-23(40-18(19)4)25(29(5,6)28(35)36)21-11-12-22-26(17(21)3)31-32-34(22)8-2/h9-14,20,25,37-38H,7-8,15-16H2,1-6H3,(H,35,36). The number of carbonyl (C=O) groups is 1. The molecule has 0 fully saturated rings. The molecule has 3 aromatic heterocycles. The number of pyridine rings is 1. The Bertz CT molecular complexity index is 1600. The highest BCUT2D eigenvalue weighted by Crippen LogP contribution is 2.57. The summed E-state index contributed by atoms with van der Waals surface area (Å²) >= 11 is 1.54. The summed E-state index contributed by atoms with van der Waals surface area (Å²) in [6.45, 7) is 12.7. The lowest BCUT2D eigenvalue weighted by atomic mass is 9.72. The fourth-order valence-corrected chi connectivity index (χ4v) is 8.41. The van der Waals surface area contributed by atoms with Crippen molar-refractivity contribution in [2.45, 2.75) is 78.0 Å². The minimum atomic E-state index is -3.37. The molecule has 4 heterocycles. The molecule has 2 unspecified atom stereocenters. The van der Waals surface area contributed by atoms with E-state index in [9.17, 15) is 19.0 Å². The van der Waals surface area contributed by atoms with Gasteiger partial charge in [0.05, 0.1) is 17.5 Å². The molecule has 220 valence electrons. The van der Waals surface area contributed by atoms with Crippen molar-refractivity contribution >= 4 is 39.1 Å². The van der Waals surface area contributed by atoms with Crippen LogP contribution in [0.3, 0.4) is 0 Å². The van der Waals surface area contributed by atoms with E-state index in [1.54, 1.807) is 47.8 Å². The zero-order chi connectivity index (χ0) is 29.7. The highest BCUT2D eigenvalue weighted by Gasteiger charge is 2.42. The average molecular weight is 600 g/mol. The van der Waals surface area contributed by atoms with Gasteiger partial charge in [-0.05, 0) is 82.0 Å². The Balaban J connectivity index is 1.58. The van der Waals surface area contributed by atoms with E-state index in [0.29, 0.717) is 19.5 Å². The van der Waals surface area contributed by atoms with Crippen molar-refractivity contribution in [3.05, 3.63) is 63.0 Å². The number of thiophene rings is 1. The number of aromatic nitrogens is 4. The van der Waals surface area contributed by atoms with Crippen molar-refractivity contribution in [3.8, 4) is 5.88 Å². The van der Waals surface area contributed by atoms with Crippen molar-refractivity contribution in [3.63, 3.8) is 0 Å². The highest BCUT2D eigenvalue weighted by atomic mass is 32.3. The van der Waals surface area contributed by atoms with E-state index < -0.39 is 28.1 Å². The van der Waals surface area contributed by atoms with E-state index in [4.69, 9.17) is 4.74 Å². The van der Waals surface area contributed by atoms with E-state index in [1.165, 1.54) is 0 Å². The third-order valence-electron chi connectivity index (χ3n) is 8.07. The van der Waals surface area contributed by atoms with Crippen LogP contribution >= 0.6 is 22.1 Å². The first-order chi connectivity index (χ1) is 19.4. The molecule has 0 bridgehead atoms. The van der Waals surface area contributed by atoms with E-state index in [0.717, 1.165) is 37.5 Å². The lowest BCUT2D eigenvalue weighted by Gasteiger charge is -2.41. The molecule has 2 atom stereocenters. The maximum Gasteiger partial charge on any atom is 0.310 e. The summed E-state index contributed by atoms with van der Waals surface area (Å²) in [4.78, 5) is 19.1. The second kappa shape index (κ2) is 11.0. The molecule has 0 radical (unpaired) electrons. The first-order valence-electron chi connectivity index (χ1n) is 13.7. The molecule has 0 saturated carbocycles. The number of ether oxygens (including phenoxy) is 1. The summed E-state index contributed by atoms with van der Waals surface area (Å²) in [7, 11) is -3.37. The SMILES string of the molecule is CCC1CN(Cc2cc(C(c3ccc4c(nnn4CC)c3C)C(C)(C)C(=O)O)sc2C)S(O)(O)c2cccnc2O1. The van der Waals surface area contributed by atoms with Gasteiger partial charge in [-0.25, -0.2) is 9.67 Å². The minimum absolute atomic E-state index is 0.249. The van der Waals surface area contributed by atoms with Crippen molar-refractivity contribution in [1.82, 2.24) is 24.3 Å². The van der Waals surface area contributed by atoms with Crippen molar-refractivity contribution in [1.29, 1.82) is 0 Å². The van der Waals surface area contributed by atoms with Crippen LogP contribution in [0.4, 0.5) is 0 Å². The van der Waals surface area contributed by atoms with Gasteiger partial charge >= 0.3 is 5.97 Å². The first kappa shape index (κ1) is 29.5. The maximum absolute atomic E-state index is 12.6. The molecule has 41 heavy (non-hydrogen) atoms. The van der Waals surface area contributed by atoms with Crippen LogP contribution < -0.4 is 4.74 Å². The van der Waals surface area contributed by atoms with Crippen LogP contribution in [0.1, 0.15) is 66.5 Å². The summed E-state index contributed by atoms with van der Waals surface area (Å²) in [5.41, 5.74) is 3.25. The van der Waals surface area contributed by atoms with E-state index >= 15 is 0 Å². The molecule has 0 saturated heterocycles. The first-order valence-corrected chi connectivity index (χ1v) is 16.0. The predicted octanol–water partition coefficient (Wildman–Crippen LogP) is 6.46. The van der Waals surface area contributed by atoms with Gasteiger partial charge in [-0.3, -0.25) is 13.9 Å². The second-order valence-corrected chi connectivity index (χ2v) is 14.3. The Hall–Kier alpha value is -3.03. The number of aryl methyl sites for hydroxylation is 3. The van der Waals surface area contributed by atoms with Gasteiger partial charge in [0.2, 0.25) is 5.88 Å². The van der Waals surface area contributed by atoms with E-state index in [2.05, 4.69) is 15.3 Å². The summed E-state index contributed by atoms with van der Waals surface area (Å²) in [6, 6.07) is 9.31. The van der Waals surface area contributed by atoms with Crippen LogP contribution in [0.15, 0.2) is 41.4 Å². The molecule has 12 heteroatoms. The van der Waals surface area contributed by atoms with Gasteiger partial charge in [-0.2, -0.15) is 4.31 Å². The summed E-state index contributed by atoms with van der Waals surface area (Å²) in [5, 5.41) is 19.0. The van der Waals surface area contributed by atoms with Crippen LogP contribution in [0.2, 0.25) is 0 Å². The van der Waals surface area contributed by atoms with Crippen LogP contribution in [-0.2, 0) is 17.9 Å². The minimum Gasteiger partial charge on any atom is -0.481 e. The van der Waals surface area contributed by atoms with Crippen molar-refractivity contribution in [2.75, 3.05) is 6.54 Å². The topological polar surface area (TPSA) is 134 Å². The Morgan fingerprint density at radius 3 is 2.68 bits per heavy atom. The summed E-state index contributed by atoms with van der Waals surface area (Å²) in [5.74, 6) is -1.12. The molecule has 1 aliphatic heterocycles. The largest absolute Gasteiger partial charge is 0.481 e. The molecule has 3 N–H and O–H groups in total. The molecule has 5 rings (SSSR count). The van der Waals surface area contributed by atoms with Gasteiger partial charge in [0.25, 0.3) is 0 Å². The molecule has 0 amide bonds. The zero-order valence-electron chi connectivity index (χ0n) is 24.2. The van der Waals surface area contributed by atoms with Crippen LogP contribution in [-0.4, -0.2) is 57.1 Å². The van der Waals surface area contributed by atoms with Gasteiger partial charge in [-0.1, -0.05) is 18.2 Å². The number of fused-ring (bicyclic) bond motifs is 2. The van der Waals surface area contributed by atoms with Crippen LogP contribution in [0, 0.1) is 19.3 Å². The van der Waals surface area contributed by atoms with E-state index in [1.807, 2.05) is 50.6 Å². The zero-order valence-corrected chi connectivity index (χ0v) is 25.8. The van der Waals surface area contributed by atoms with Gasteiger partial charge < -0.3 is 9.84 Å². The monoisotopic (exact) mass is 599 g/mol. The van der Waals surface area contributed by atoms with E-state index in [-0.39, 0.29) is 23.4 Å². The molecule has 0 spiro atoms. The molecular formula is C29H37N5O5S2. The summed E-state index contributed by atoms with van der Waals surface area (Å²) in [6.07, 6.45) is 1.99. The number of nitrogens with zero attached hydrogens (tertiary/aromatic N) is 5. The molecule has 4 aromatic rings. The van der Waals surface area contributed by atoms with Gasteiger partial charge in [0.15, 0.2) is 0 Å². The van der Waals surface area contributed by atoms with Crippen molar-refractivity contribution < 1.29 is 23.7 Å². The third-order valence-corrected chi connectivity index (χ3v) is 11.1. The number of carboxylic acids is 1. The number of rotatable bonds is 8. The fourth-order valence-electron chi connectivity index (χ4n) is 5.49. The Morgan fingerprint density at radius 2 is 2.00 bits per heavy atom. The average Bonchev–Trinajstić information content (AvgIpc) is 3.49. The quantitative estimate of drug-likeness (QED) is 0.208. The Labute approximate surface area is 245 Å². The van der Waals surface area contributed by atoms with Crippen LogP contribution in [0.25, 0.3) is 11.0 Å². The smallest absolute Gasteiger partial charge is 0.310 e. The summed E-state index contributed by atoms with van der Waals surface area (Å²) < 4.78 is 32.4. The van der Waals surface area contributed by atoms with Crippen molar-refractivity contribution in [2.24, 2.45) is 5.41 Å². The normalized spacial score (nSPS) is 18.9. The number of benzene rings is 1. The van der Waals surface area contributed by atoms with Gasteiger partial charge in [0, 0.05) is 35.0 Å². The Kier molecular flexibility index (Phi) is 7.90. The fraction of sp³-hybridized carbons (Fsp3) is 0.448. The molecule has 10 nitrogen and oxygen atoms in total. The molecular weight excluding hydrogens is 562 g/mol. The highest BCUT2D eigenvalue weighted by molar-refractivity contribution is 8.22. The number of hydrogen-bond acceptors (Lipinski definition) is 9. The van der Waals surface area contributed by atoms with Crippen LogP contribution in [0.5, 0.6) is 5.88 Å². The molecule has 1 aliphatic rings. The molecule has 0 aliphatic carbocycles. The number of carboxylic acid groups (broad SMARTS) is 1. The number of aliphatic carboxylic acids is 1.